The second kappa shape index (κ2) is 12.6. The van der Waals surface area contributed by atoms with Gasteiger partial charge in [-0.2, -0.15) is 0 Å². The third-order valence-electron chi connectivity index (χ3n) is 7.71. The molecule has 0 bridgehead atoms. The van der Waals surface area contributed by atoms with Gasteiger partial charge in [-0.25, -0.2) is 9.78 Å². The summed E-state index contributed by atoms with van der Waals surface area (Å²) < 4.78 is 6.93. The van der Waals surface area contributed by atoms with Crippen LogP contribution >= 0.6 is 11.6 Å². The Morgan fingerprint density at radius 3 is 2.50 bits per heavy atom. The van der Waals surface area contributed by atoms with Gasteiger partial charge in [-0.3, -0.25) is 9.36 Å². The second-order valence-corrected chi connectivity index (χ2v) is 10.8. The van der Waals surface area contributed by atoms with E-state index < -0.39 is 6.04 Å². The smallest absolute Gasteiger partial charge is 0.318 e. The van der Waals surface area contributed by atoms with Crippen molar-refractivity contribution in [1.29, 1.82) is 0 Å². The van der Waals surface area contributed by atoms with E-state index in [2.05, 4.69) is 17.4 Å². The van der Waals surface area contributed by atoms with Crippen molar-refractivity contribution in [3.05, 3.63) is 99.6 Å². The molecule has 40 heavy (non-hydrogen) atoms. The summed E-state index contributed by atoms with van der Waals surface area (Å²) in [6.45, 7) is 2.40. The minimum atomic E-state index is -0.509. The summed E-state index contributed by atoms with van der Waals surface area (Å²) in [5.74, 6) is 1.15. The number of hydrogen-bond acceptors (Lipinski definition) is 4. The van der Waals surface area contributed by atoms with Gasteiger partial charge >= 0.3 is 6.03 Å². The molecular weight excluding hydrogens is 524 g/mol. The molecule has 1 saturated carbocycles. The Hall–Kier alpha value is -3.84. The SMILES string of the molecule is COc1ccc(-n2c(C(C)N(CCc3ccccc3)C(=O)NC3CCCCC3)nc3cc(Cl)ccc3c2=O)cc1. The van der Waals surface area contributed by atoms with E-state index in [-0.39, 0.29) is 17.6 Å². The molecule has 3 aromatic carbocycles. The van der Waals surface area contributed by atoms with Gasteiger partial charge in [-0.05, 0) is 74.2 Å². The van der Waals surface area contributed by atoms with Crippen molar-refractivity contribution in [1.82, 2.24) is 19.8 Å². The Kier molecular flexibility index (Phi) is 8.70. The van der Waals surface area contributed by atoms with E-state index in [1.54, 1.807) is 34.8 Å². The molecule has 5 rings (SSSR count). The lowest BCUT2D eigenvalue weighted by Crippen LogP contribution is -2.48. The number of amides is 2. The number of benzene rings is 3. The number of urea groups is 1. The topological polar surface area (TPSA) is 76.5 Å². The zero-order valence-corrected chi connectivity index (χ0v) is 23.7. The van der Waals surface area contributed by atoms with E-state index in [0.29, 0.717) is 46.2 Å². The van der Waals surface area contributed by atoms with Crippen molar-refractivity contribution >= 4 is 28.5 Å². The first kappa shape index (κ1) is 27.7. The van der Waals surface area contributed by atoms with E-state index in [0.717, 1.165) is 31.2 Å². The first-order chi connectivity index (χ1) is 19.4. The van der Waals surface area contributed by atoms with Crippen LogP contribution in [0.5, 0.6) is 5.75 Å². The standard InChI is InChI=1S/C32H35ClN4O3/c1-22(36(20-19-23-9-5-3-6-10-23)32(39)34-25-11-7-4-8-12-25)30-35-29-21-24(33)13-18-28(29)31(38)37(30)26-14-16-27(40-2)17-15-26/h3,5-6,9-10,13-18,21-22,25H,4,7-8,11-12,19-20H2,1-2H3,(H,34,39). The number of halogens is 1. The molecule has 8 heteroatoms. The molecule has 0 aliphatic heterocycles. The van der Waals surface area contributed by atoms with Crippen LogP contribution in [-0.4, -0.2) is 40.2 Å². The number of aromatic nitrogens is 2. The third-order valence-corrected chi connectivity index (χ3v) is 7.94. The van der Waals surface area contributed by atoms with Crippen molar-refractivity contribution in [2.45, 2.75) is 57.5 Å². The summed E-state index contributed by atoms with van der Waals surface area (Å²) in [6, 6.07) is 22.0. The number of methoxy groups -OCH3 is 1. The fraction of sp³-hybridized carbons (Fsp3) is 0.344. The van der Waals surface area contributed by atoms with E-state index >= 15 is 0 Å². The summed E-state index contributed by atoms with van der Waals surface area (Å²) in [5, 5.41) is 4.23. The van der Waals surface area contributed by atoms with Gasteiger partial charge in [-0.1, -0.05) is 61.2 Å². The van der Waals surface area contributed by atoms with Crippen LogP contribution in [0, 0.1) is 0 Å². The van der Waals surface area contributed by atoms with Crippen LogP contribution in [0.4, 0.5) is 4.79 Å². The molecule has 1 unspecified atom stereocenters. The number of fused-ring (bicyclic) bond motifs is 1. The van der Waals surface area contributed by atoms with Gasteiger partial charge in [-0.15, -0.1) is 0 Å². The molecule has 1 aromatic heterocycles. The molecule has 7 nitrogen and oxygen atoms in total. The molecule has 208 valence electrons. The Morgan fingerprint density at radius 1 is 1.07 bits per heavy atom. The van der Waals surface area contributed by atoms with Crippen molar-refractivity contribution in [2.75, 3.05) is 13.7 Å². The lowest BCUT2D eigenvalue weighted by atomic mass is 9.96. The van der Waals surface area contributed by atoms with Crippen LogP contribution in [-0.2, 0) is 6.42 Å². The fourth-order valence-electron chi connectivity index (χ4n) is 5.45. The summed E-state index contributed by atoms with van der Waals surface area (Å²) in [6.07, 6.45) is 6.09. The minimum Gasteiger partial charge on any atom is -0.497 e. The predicted octanol–water partition coefficient (Wildman–Crippen LogP) is 6.70. The Balaban J connectivity index is 1.58. The van der Waals surface area contributed by atoms with Gasteiger partial charge in [0.2, 0.25) is 0 Å². The number of rotatable bonds is 8. The first-order valence-corrected chi connectivity index (χ1v) is 14.3. The number of hydrogen-bond donors (Lipinski definition) is 1. The number of carbonyl (C=O) groups is 1. The average molecular weight is 559 g/mol. The van der Waals surface area contributed by atoms with Crippen LogP contribution in [0.15, 0.2) is 77.6 Å². The van der Waals surface area contributed by atoms with Crippen LogP contribution in [0.3, 0.4) is 0 Å². The second-order valence-electron chi connectivity index (χ2n) is 10.4. The number of ether oxygens (including phenoxy) is 1. The summed E-state index contributed by atoms with van der Waals surface area (Å²) in [4.78, 5) is 34.5. The van der Waals surface area contributed by atoms with Crippen molar-refractivity contribution in [3.63, 3.8) is 0 Å². The molecule has 1 atom stereocenters. The average Bonchev–Trinajstić information content (AvgIpc) is 2.98. The van der Waals surface area contributed by atoms with E-state index in [1.807, 2.05) is 49.4 Å². The largest absolute Gasteiger partial charge is 0.497 e. The monoisotopic (exact) mass is 558 g/mol. The Morgan fingerprint density at radius 2 is 1.80 bits per heavy atom. The van der Waals surface area contributed by atoms with E-state index in [9.17, 15) is 9.59 Å². The van der Waals surface area contributed by atoms with Gasteiger partial charge in [0.25, 0.3) is 5.56 Å². The van der Waals surface area contributed by atoms with Crippen molar-refractivity contribution in [3.8, 4) is 11.4 Å². The molecule has 0 spiro atoms. The van der Waals surface area contributed by atoms with Gasteiger partial charge in [0, 0.05) is 17.6 Å². The van der Waals surface area contributed by atoms with Crippen molar-refractivity contribution < 1.29 is 9.53 Å². The maximum Gasteiger partial charge on any atom is 0.318 e. The molecule has 4 aromatic rings. The van der Waals surface area contributed by atoms with E-state index in [4.69, 9.17) is 21.3 Å². The van der Waals surface area contributed by atoms with Crippen LogP contribution in [0.2, 0.25) is 5.02 Å². The molecule has 1 fully saturated rings. The highest BCUT2D eigenvalue weighted by atomic mass is 35.5. The first-order valence-electron chi connectivity index (χ1n) is 13.9. The highest BCUT2D eigenvalue weighted by Crippen LogP contribution is 2.26. The van der Waals surface area contributed by atoms with E-state index in [1.165, 1.54) is 6.42 Å². The Labute approximate surface area is 239 Å². The highest BCUT2D eigenvalue weighted by molar-refractivity contribution is 6.31. The predicted molar refractivity (Wildman–Crippen MR) is 160 cm³/mol. The third kappa shape index (κ3) is 6.15. The number of nitrogens with one attached hydrogen (secondary N) is 1. The van der Waals surface area contributed by atoms with Crippen LogP contribution < -0.4 is 15.6 Å². The van der Waals surface area contributed by atoms with Gasteiger partial charge in [0.05, 0.1) is 29.7 Å². The molecular formula is C32H35ClN4O3. The van der Waals surface area contributed by atoms with Gasteiger partial charge < -0.3 is 15.0 Å². The lowest BCUT2D eigenvalue weighted by Gasteiger charge is -2.33. The van der Waals surface area contributed by atoms with Gasteiger partial charge in [0.1, 0.15) is 11.6 Å². The minimum absolute atomic E-state index is 0.142. The highest BCUT2D eigenvalue weighted by Gasteiger charge is 2.28. The van der Waals surface area contributed by atoms with Crippen LogP contribution in [0.1, 0.15) is 56.5 Å². The summed E-state index contributed by atoms with van der Waals surface area (Å²) in [7, 11) is 1.60. The Bertz CT molecular complexity index is 1520. The molecule has 1 N–H and O–H groups in total. The fourth-order valence-corrected chi connectivity index (χ4v) is 5.61. The van der Waals surface area contributed by atoms with Gasteiger partial charge in [0.15, 0.2) is 0 Å². The molecule has 0 radical (unpaired) electrons. The maximum atomic E-state index is 13.9. The normalized spacial score (nSPS) is 14.6. The zero-order chi connectivity index (χ0) is 28.1. The molecule has 2 amide bonds. The molecule has 1 aliphatic carbocycles. The quantitative estimate of drug-likeness (QED) is 0.261. The molecule has 1 aliphatic rings. The van der Waals surface area contributed by atoms with Crippen molar-refractivity contribution in [2.24, 2.45) is 0 Å². The zero-order valence-electron chi connectivity index (χ0n) is 23.0. The van der Waals surface area contributed by atoms with Crippen LogP contribution in [0.25, 0.3) is 16.6 Å². The lowest BCUT2D eigenvalue weighted by molar-refractivity contribution is 0.169. The summed E-state index contributed by atoms with van der Waals surface area (Å²) in [5.41, 5.74) is 2.06. The summed E-state index contributed by atoms with van der Waals surface area (Å²) >= 11 is 6.29. The maximum absolute atomic E-state index is 13.9. The molecule has 0 saturated heterocycles. The number of nitrogens with zero attached hydrogens (tertiary/aromatic N) is 3. The molecule has 1 heterocycles. The number of carbonyl (C=O) groups excluding carboxylic acids is 1.